The fourth-order valence-electron chi connectivity index (χ4n) is 3.39. The summed E-state index contributed by atoms with van der Waals surface area (Å²) in [6.45, 7) is 0.852. The van der Waals surface area contributed by atoms with Crippen LogP contribution in [0.5, 0.6) is 17.4 Å². The summed E-state index contributed by atoms with van der Waals surface area (Å²) in [4.78, 5) is 21.8. The summed E-state index contributed by atoms with van der Waals surface area (Å²) in [5, 5.41) is 12.1. The van der Waals surface area contributed by atoms with E-state index < -0.39 is 4.92 Å². The number of nitro groups is 1. The highest BCUT2D eigenvalue weighted by Crippen LogP contribution is 2.37. The van der Waals surface area contributed by atoms with E-state index in [1.165, 1.54) is 6.33 Å². The van der Waals surface area contributed by atoms with Crippen LogP contribution >= 0.6 is 0 Å². The van der Waals surface area contributed by atoms with Gasteiger partial charge in [0.25, 0.3) is 0 Å². The lowest BCUT2D eigenvalue weighted by molar-refractivity contribution is -0.385. The molecule has 0 saturated carbocycles. The van der Waals surface area contributed by atoms with Gasteiger partial charge >= 0.3 is 11.6 Å². The van der Waals surface area contributed by atoms with Crippen LogP contribution in [0.2, 0.25) is 0 Å². The molecule has 0 spiro atoms. The van der Waals surface area contributed by atoms with Gasteiger partial charge in [-0.1, -0.05) is 60.7 Å². The van der Waals surface area contributed by atoms with Gasteiger partial charge in [-0.3, -0.25) is 10.1 Å². The van der Waals surface area contributed by atoms with Gasteiger partial charge in [0.05, 0.1) is 12.0 Å². The molecule has 0 fully saturated rings. The number of methoxy groups -OCH3 is 1. The number of nitrogens with zero attached hydrogens (tertiary/aromatic N) is 4. The molecular formula is C25H22N4O4. The summed E-state index contributed by atoms with van der Waals surface area (Å²) in [5.41, 5.74) is 1.71. The van der Waals surface area contributed by atoms with Crippen molar-refractivity contribution in [2.24, 2.45) is 0 Å². The molecule has 1 aromatic heterocycles. The molecule has 4 rings (SSSR count). The van der Waals surface area contributed by atoms with Gasteiger partial charge in [0.1, 0.15) is 17.8 Å². The molecule has 0 bridgehead atoms. The Balaban J connectivity index is 1.73. The van der Waals surface area contributed by atoms with Gasteiger partial charge in [-0.15, -0.1) is 0 Å². The third-order valence-corrected chi connectivity index (χ3v) is 4.96. The van der Waals surface area contributed by atoms with Gasteiger partial charge in [-0.25, -0.2) is 4.98 Å². The van der Waals surface area contributed by atoms with Crippen LogP contribution in [0, 0.1) is 10.1 Å². The molecule has 0 unspecified atom stereocenters. The number of anilines is 1. The summed E-state index contributed by atoms with van der Waals surface area (Å²) in [5.74, 6) is 1.12. The Bertz CT molecular complexity index is 1160. The smallest absolute Gasteiger partial charge is 0.373 e. The van der Waals surface area contributed by atoms with E-state index in [1.807, 2.05) is 65.6 Å². The monoisotopic (exact) mass is 442 g/mol. The first-order valence-corrected chi connectivity index (χ1v) is 10.3. The number of hydrogen-bond acceptors (Lipinski definition) is 7. The topological polar surface area (TPSA) is 90.6 Å². The third-order valence-electron chi connectivity index (χ3n) is 4.96. The Morgan fingerprint density at radius 3 is 1.88 bits per heavy atom. The first-order chi connectivity index (χ1) is 16.1. The van der Waals surface area contributed by atoms with Crippen molar-refractivity contribution in [3.8, 4) is 17.4 Å². The molecule has 166 valence electrons. The summed E-state index contributed by atoms with van der Waals surface area (Å²) in [6.07, 6.45) is 1.28. The van der Waals surface area contributed by atoms with Crippen LogP contribution in [0.1, 0.15) is 11.1 Å². The molecule has 3 aromatic carbocycles. The van der Waals surface area contributed by atoms with Gasteiger partial charge in [-0.2, -0.15) is 4.98 Å². The molecule has 1 heterocycles. The van der Waals surface area contributed by atoms with Gasteiger partial charge < -0.3 is 14.4 Å². The predicted molar refractivity (Wildman–Crippen MR) is 125 cm³/mol. The molecule has 0 aliphatic carbocycles. The van der Waals surface area contributed by atoms with E-state index in [9.17, 15) is 10.1 Å². The van der Waals surface area contributed by atoms with Gasteiger partial charge in [0.15, 0.2) is 0 Å². The minimum absolute atomic E-state index is 0.124. The molecule has 0 saturated heterocycles. The summed E-state index contributed by atoms with van der Waals surface area (Å²) in [6, 6.07) is 26.2. The molecule has 4 aromatic rings. The Labute approximate surface area is 191 Å². The van der Waals surface area contributed by atoms with Crippen molar-refractivity contribution >= 4 is 11.5 Å². The van der Waals surface area contributed by atoms with Crippen LogP contribution in [-0.2, 0) is 13.1 Å². The van der Waals surface area contributed by atoms with Crippen LogP contribution in [0.15, 0.2) is 91.3 Å². The number of rotatable bonds is 9. The minimum atomic E-state index is -0.503. The summed E-state index contributed by atoms with van der Waals surface area (Å²) in [7, 11) is 1.56. The SMILES string of the molecule is COc1ccc(Oc2ncnc(N(Cc3ccccc3)Cc3ccccc3)c2[N+](=O)[O-])cc1. The molecule has 0 N–H and O–H groups in total. The molecule has 0 atom stereocenters. The highest BCUT2D eigenvalue weighted by Gasteiger charge is 2.29. The highest BCUT2D eigenvalue weighted by atomic mass is 16.6. The van der Waals surface area contributed by atoms with Crippen molar-refractivity contribution in [1.29, 1.82) is 0 Å². The molecule has 33 heavy (non-hydrogen) atoms. The molecular weight excluding hydrogens is 420 g/mol. The van der Waals surface area contributed by atoms with Crippen LogP contribution in [0.3, 0.4) is 0 Å². The average Bonchev–Trinajstić information content (AvgIpc) is 2.85. The highest BCUT2D eigenvalue weighted by molar-refractivity contribution is 5.63. The molecule has 0 amide bonds. The molecule has 0 aliphatic heterocycles. The molecule has 8 heteroatoms. The van der Waals surface area contributed by atoms with E-state index in [1.54, 1.807) is 31.4 Å². The van der Waals surface area contributed by atoms with Crippen molar-refractivity contribution in [3.63, 3.8) is 0 Å². The van der Waals surface area contributed by atoms with Crippen LogP contribution in [-0.4, -0.2) is 22.0 Å². The third kappa shape index (κ3) is 5.43. The Morgan fingerprint density at radius 2 is 1.36 bits per heavy atom. The second-order valence-corrected chi connectivity index (χ2v) is 7.21. The average molecular weight is 442 g/mol. The normalized spacial score (nSPS) is 10.5. The summed E-state index contributed by atoms with van der Waals surface area (Å²) < 4.78 is 10.9. The fraction of sp³-hybridized carbons (Fsp3) is 0.120. The number of aromatic nitrogens is 2. The van der Waals surface area contributed by atoms with E-state index >= 15 is 0 Å². The maximum Gasteiger partial charge on any atom is 0.373 e. The Morgan fingerprint density at radius 1 is 0.818 bits per heavy atom. The molecule has 8 nitrogen and oxygen atoms in total. The van der Waals surface area contributed by atoms with Crippen molar-refractivity contribution in [3.05, 3.63) is 112 Å². The Kier molecular flexibility index (Phi) is 6.75. The first kappa shape index (κ1) is 21.8. The van der Waals surface area contributed by atoms with E-state index in [0.717, 1.165) is 11.1 Å². The van der Waals surface area contributed by atoms with Crippen molar-refractivity contribution in [2.45, 2.75) is 13.1 Å². The van der Waals surface area contributed by atoms with Crippen molar-refractivity contribution < 1.29 is 14.4 Å². The second kappa shape index (κ2) is 10.2. The number of ether oxygens (including phenoxy) is 2. The van der Waals surface area contributed by atoms with Crippen molar-refractivity contribution in [1.82, 2.24) is 9.97 Å². The lowest BCUT2D eigenvalue weighted by atomic mass is 10.1. The summed E-state index contributed by atoms with van der Waals surface area (Å²) >= 11 is 0. The molecule has 0 aliphatic rings. The van der Waals surface area contributed by atoms with E-state index in [2.05, 4.69) is 9.97 Å². The minimum Gasteiger partial charge on any atom is -0.497 e. The zero-order chi connectivity index (χ0) is 23.0. The standard InChI is InChI=1S/C25H22N4O4/c1-32-21-12-14-22(15-13-21)33-25-23(29(30)31)24(26-18-27-25)28(16-19-8-4-2-5-9-19)17-20-10-6-3-7-11-20/h2-15,18H,16-17H2,1H3. The predicted octanol–water partition coefficient (Wildman–Crippen LogP) is 5.39. The van der Waals surface area contributed by atoms with Crippen LogP contribution < -0.4 is 14.4 Å². The zero-order valence-electron chi connectivity index (χ0n) is 18.0. The lowest BCUT2D eigenvalue weighted by Crippen LogP contribution is -2.24. The zero-order valence-corrected chi connectivity index (χ0v) is 18.0. The maximum absolute atomic E-state index is 12.1. The molecule has 0 radical (unpaired) electrons. The van der Waals surface area contributed by atoms with E-state index in [4.69, 9.17) is 9.47 Å². The van der Waals surface area contributed by atoms with Gasteiger partial charge in [0, 0.05) is 13.1 Å². The Hall–Kier alpha value is -4.46. The largest absolute Gasteiger partial charge is 0.497 e. The number of benzene rings is 3. The quantitative estimate of drug-likeness (QED) is 0.253. The number of hydrogen-bond donors (Lipinski definition) is 0. The van der Waals surface area contributed by atoms with Crippen LogP contribution in [0.4, 0.5) is 11.5 Å². The first-order valence-electron chi connectivity index (χ1n) is 10.3. The van der Waals surface area contributed by atoms with E-state index in [0.29, 0.717) is 24.6 Å². The fourth-order valence-corrected chi connectivity index (χ4v) is 3.39. The van der Waals surface area contributed by atoms with Gasteiger partial charge in [0.2, 0.25) is 5.82 Å². The second-order valence-electron chi connectivity index (χ2n) is 7.21. The van der Waals surface area contributed by atoms with Crippen LogP contribution in [0.25, 0.3) is 0 Å². The van der Waals surface area contributed by atoms with Crippen molar-refractivity contribution in [2.75, 3.05) is 12.0 Å². The lowest BCUT2D eigenvalue weighted by Gasteiger charge is -2.24. The van der Waals surface area contributed by atoms with Gasteiger partial charge in [-0.05, 0) is 35.4 Å². The maximum atomic E-state index is 12.1. The van der Waals surface area contributed by atoms with E-state index in [-0.39, 0.29) is 17.4 Å².